The topological polar surface area (TPSA) is 62.6 Å². The van der Waals surface area contributed by atoms with Crippen LogP contribution in [0.5, 0.6) is 0 Å². The van der Waals surface area contributed by atoms with Crippen LogP contribution in [0.3, 0.4) is 0 Å². The van der Waals surface area contributed by atoms with Crippen molar-refractivity contribution in [3.63, 3.8) is 0 Å². The number of piperidine rings is 1. The van der Waals surface area contributed by atoms with Crippen molar-refractivity contribution in [2.45, 2.75) is 32.7 Å². The Morgan fingerprint density at radius 1 is 1.21 bits per heavy atom. The van der Waals surface area contributed by atoms with Gasteiger partial charge in [0.25, 0.3) is 5.91 Å². The number of furan rings is 1. The molecular formula is C22H21ClN2O3. The zero-order chi connectivity index (χ0) is 19.7. The van der Waals surface area contributed by atoms with Crippen LogP contribution < -0.4 is 5.32 Å². The van der Waals surface area contributed by atoms with Gasteiger partial charge in [0.15, 0.2) is 11.3 Å². The van der Waals surface area contributed by atoms with Gasteiger partial charge in [0.05, 0.1) is 5.02 Å². The third-order valence-corrected chi connectivity index (χ3v) is 5.40. The summed E-state index contributed by atoms with van der Waals surface area (Å²) in [7, 11) is 0. The average Bonchev–Trinajstić information content (AvgIpc) is 3.02. The van der Waals surface area contributed by atoms with Crippen molar-refractivity contribution in [1.29, 1.82) is 0 Å². The van der Waals surface area contributed by atoms with Crippen LogP contribution in [0.2, 0.25) is 5.02 Å². The first kappa shape index (κ1) is 18.6. The maximum atomic E-state index is 12.8. The summed E-state index contributed by atoms with van der Waals surface area (Å²) in [5.41, 5.74) is 2.92. The van der Waals surface area contributed by atoms with Crippen LogP contribution in [0.1, 0.15) is 40.9 Å². The number of aryl methyl sites for hydroxylation is 1. The highest BCUT2D eigenvalue weighted by molar-refractivity contribution is 6.35. The normalized spacial score (nSPS) is 14.5. The molecule has 1 saturated heterocycles. The molecule has 2 aromatic carbocycles. The fraction of sp³-hybridized carbons (Fsp3) is 0.273. The quantitative estimate of drug-likeness (QED) is 0.662. The first-order valence-corrected chi connectivity index (χ1v) is 9.76. The summed E-state index contributed by atoms with van der Waals surface area (Å²) in [6.45, 7) is 3.19. The smallest absolute Gasteiger partial charge is 0.291 e. The highest BCUT2D eigenvalue weighted by Gasteiger charge is 2.20. The molecule has 2 amide bonds. The maximum Gasteiger partial charge on any atom is 0.291 e. The molecule has 4 rings (SSSR count). The van der Waals surface area contributed by atoms with Crippen molar-refractivity contribution in [3.8, 4) is 0 Å². The summed E-state index contributed by atoms with van der Waals surface area (Å²) in [6, 6.07) is 13.0. The van der Waals surface area contributed by atoms with Gasteiger partial charge in [0.1, 0.15) is 0 Å². The van der Waals surface area contributed by atoms with Gasteiger partial charge in [-0.25, -0.2) is 0 Å². The Morgan fingerprint density at radius 3 is 2.82 bits per heavy atom. The van der Waals surface area contributed by atoms with Gasteiger partial charge in [-0.05, 0) is 43.5 Å². The number of nitrogens with one attached hydrogen (secondary N) is 1. The summed E-state index contributed by atoms with van der Waals surface area (Å²) in [5.74, 6) is 0.117. The zero-order valence-corrected chi connectivity index (χ0v) is 16.4. The van der Waals surface area contributed by atoms with Gasteiger partial charge in [0.2, 0.25) is 5.91 Å². The number of hydrogen-bond acceptors (Lipinski definition) is 3. The van der Waals surface area contributed by atoms with E-state index in [0.717, 1.165) is 35.9 Å². The van der Waals surface area contributed by atoms with Gasteiger partial charge in [-0.1, -0.05) is 35.9 Å². The molecule has 1 fully saturated rings. The molecule has 6 heteroatoms. The number of anilines is 1. The first-order valence-electron chi connectivity index (χ1n) is 9.38. The molecule has 0 radical (unpaired) electrons. The lowest BCUT2D eigenvalue weighted by Gasteiger charge is -2.26. The lowest BCUT2D eigenvalue weighted by molar-refractivity contribution is -0.133. The van der Waals surface area contributed by atoms with Crippen LogP contribution in [0, 0.1) is 6.92 Å². The van der Waals surface area contributed by atoms with Crippen LogP contribution in [0.25, 0.3) is 11.0 Å². The molecule has 0 aliphatic carbocycles. The number of carbonyl (C=O) groups is 2. The third-order valence-electron chi connectivity index (χ3n) is 5.10. The van der Waals surface area contributed by atoms with Crippen molar-refractivity contribution in [2.24, 2.45) is 0 Å². The van der Waals surface area contributed by atoms with Gasteiger partial charge in [-0.15, -0.1) is 0 Å². The highest BCUT2D eigenvalue weighted by atomic mass is 35.5. The second kappa shape index (κ2) is 7.68. The molecule has 1 aromatic heterocycles. The molecule has 0 bridgehead atoms. The van der Waals surface area contributed by atoms with Crippen LogP contribution in [0.4, 0.5) is 5.69 Å². The second-order valence-electron chi connectivity index (χ2n) is 7.10. The average molecular weight is 397 g/mol. The molecule has 0 unspecified atom stereocenters. The first-order chi connectivity index (χ1) is 13.5. The zero-order valence-electron chi connectivity index (χ0n) is 15.6. The van der Waals surface area contributed by atoms with Crippen LogP contribution in [-0.2, 0) is 11.3 Å². The van der Waals surface area contributed by atoms with Gasteiger partial charge in [-0.3, -0.25) is 9.59 Å². The van der Waals surface area contributed by atoms with Gasteiger partial charge in [-0.2, -0.15) is 0 Å². The van der Waals surface area contributed by atoms with Crippen molar-refractivity contribution >= 4 is 40.1 Å². The molecule has 1 aliphatic heterocycles. The predicted molar refractivity (Wildman–Crippen MR) is 110 cm³/mol. The molecule has 0 spiro atoms. The third kappa shape index (κ3) is 3.62. The Balaban J connectivity index is 1.53. The molecule has 28 heavy (non-hydrogen) atoms. The van der Waals surface area contributed by atoms with Crippen LogP contribution >= 0.6 is 11.6 Å². The van der Waals surface area contributed by atoms with Crippen molar-refractivity contribution in [3.05, 3.63) is 64.4 Å². The van der Waals surface area contributed by atoms with Crippen molar-refractivity contribution < 1.29 is 14.0 Å². The number of halogens is 1. The van der Waals surface area contributed by atoms with Gasteiger partial charge >= 0.3 is 0 Å². The molecule has 0 atom stereocenters. The second-order valence-corrected chi connectivity index (χ2v) is 7.51. The van der Waals surface area contributed by atoms with E-state index >= 15 is 0 Å². The van der Waals surface area contributed by atoms with Crippen LogP contribution in [0.15, 0.2) is 46.9 Å². The summed E-state index contributed by atoms with van der Waals surface area (Å²) >= 11 is 6.17. The van der Waals surface area contributed by atoms with E-state index in [4.69, 9.17) is 16.0 Å². The lowest BCUT2D eigenvalue weighted by Crippen LogP contribution is -2.34. The SMILES string of the molecule is Cc1c(C(=O)Nc2cccc(CN3CCCCC3=O)c2)oc2c(Cl)cccc12. The minimum atomic E-state index is -0.323. The number of rotatable bonds is 4. The fourth-order valence-electron chi connectivity index (χ4n) is 3.61. The summed E-state index contributed by atoms with van der Waals surface area (Å²) in [6.07, 6.45) is 2.62. The Labute approximate surface area is 168 Å². The molecule has 144 valence electrons. The molecule has 2 heterocycles. The number of likely N-dealkylation sites (tertiary alicyclic amines) is 1. The van der Waals surface area contributed by atoms with E-state index in [-0.39, 0.29) is 17.6 Å². The van der Waals surface area contributed by atoms with E-state index in [2.05, 4.69) is 5.32 Å². The molecule has 1 N–H and O–H groups in total. The number of benzene rings is 2. The number of nitrogens with zero attached hydrogens (tertiary/aromatic N) is 1. The number of carbonyl (C=O) groups excluding carboxylic acids is 2. The predicted octanol–water partition coefficient (Wildman–Crippen LogP) is 5.16. The maximum absolute atomic E-state index is 12.8. The molecule has 5 nitrogen and oxygen atoms in total. The van der Waals surface area contributed by atoms with E-state index in [1.807, 2.05) is 48.2 Å². The van der Waals surface area contributed by atoms with E-state index in [1.54, 1.807) is 6.07 Å². The van der Waals surface area contributed by atoms with Gasteiger partial charge < -0.3 is 14.6 Å². The minimum Gasteiger partial charge on any atom is -0.449 e. The van der Waals surface area contributed by atoms with E-state index < -0.39 is 0 Å². The van der Waals surface area contributed by atoms with E-state index in [1.165, 1.54) is 0 Å². The number of amides is 2. The minimum absolute atomic E-state index is 0.190. The Hall–Kier alpha value is -2.79. The number of para-hydroxylation sites is 1. The largest absolute Gasteiger partial charge is 0.449 e. The highest BCUT2D eigenvalue weighted by Crippen LogP contribution is 2.31. The van der Waals surface area contributed by atoms with Crippen molar-refractivity contribution in [1.82, 2.24) is 4.90 Å². The summed E-state index contributed by atoms with van der Waals surface area (Å²) in [4.78, 5) is 26.7. The van der Waals surface area contributed by atoms with Crippen molar-refractivity contribution in [2.75, 3.05) is 11.9 Å². The number of hydrogen-bond donors (Lipinski definition) is 1. The standard InChI is InChI=1S/C22H21ClN2O3/c1-14-17-8-5-9-18(23)21(17)28-20(14)22(27)24-16-7-4-6-15(12-16)13-25-11-3-2-10-19(25)26/h4-9,12H,2-3,10-11,13H2,1H3,(H,24,27). The Bertz CT molecular complexity index is 1060. The molecule has 1 aliphatic rings. The van der Waals surface area contributed by atoms with E-state index in [0.29, 0.717) is 29.3 Å². The monoisotopic (exact) mass is 396 g/mol. The Morgan fingerprint density at radius 2 is 2.04 bits per heavy atom. The fourth-order valence-corrected chi connectivity index (χ4v) is 3.82. The lowest BCUT2D eigenvalue weighted by atomic mass is 10.1. The van der Waals surface area contributed by atoms with Gasteiger partial charge in [0, 0.05) is 36.1 Å². The molecule has 3 aromatic rings. The van der Waals surface area contributed by atoms with E-state index in [9.17, 15) is 9.59 Å². The summed E-state index contributed by atoms with van der Waals surface area (Å²) < 4.78 is 5.73. The molecular weight excluding hydrogens is 376 g/mol. The Kier molecular flexibility index (Phi) is 5.09. The summed E-state index contributed by atoms with van der Waals surface area (Å²) in [5, 5.41) is 4.20. The number of fused-ring (bicyclic) bond motifs is 1. The van der Waals surface area contributed by atoms with Crippen LogP contribution in [-0.4, -0.2) is 23.3 Å². The molecule has 0 saturated carbocycles.